The predicted octanol–water partition coefficient (Wildman–Crippen LogP) is 6.26. The fourth-order valence-electron chi connectivity index (χ4n) is 6.59. The number of hydrogen-bond acceptors (Lipinski definition) is 8. The Labute approximate surface area is 300 Å². The Hall–Kier alpha value is -5.10. The quantitative estimate of drug-likeness (QED) is 0.120. The minimum atomic E-state index is -0.426. The highest BCUT2D eigenvalue weighted by molar-refractivity contribution is 6.05. The first-order chi connectivity index (χ1) is 24.3. The number of allylic oxidation sites excluding steroid dienone is 1. The summed E-state index contributed by atoms with van der Waals surface area (Å²) < 4.78 is 13.7. The van der Waals surface area contributed by atoms with Crippen molar-refractivity contribution in [3.05, 3.63) is 95.2 Å². The molecule has 0 saturated carbocycles. The third-order valence-corrected chi connectivity index (χ3v) is 9.43. The number of rotatable bonds is 8. The van der Waals surface area contributed by atoms with E-state index < -0.39 is 6.03 Å². The van der Waals surface area contributed by atoms with Gasteiger partial charge in [-0.3, -0.25) is 20.7 Å². The monoisotopic (exact) mass is 696 g/mol. The number of amides is 2. The largest absolute Gasteiger partial charge is 0.491 e. The molecule has 0 bridgehead atoms. The second-order valence-electron chi connectivity index (χ2n) is 14.4. The maximum absolute atomic E-state index is 13.5. The van der Waals surface area contributed by atoms with Crippen molar-refractivity contribution in [1.82, 2.24) is 20.1 Å². The first-order valence-corrected chi connectivity index (χ1v) is 17.7. The lowest BCUT2D eigenvalue weighted by Gasteiger charge is -2.41. The number of carbonyl (C=O) groups excluding carboxylic acids is 1. The zero-order chi connectivity index (χ0) is 36.7. The molecule has 1 fully saturated rings. The van der Waals surface area contributed by atoms with E-state index in [1.54, 1.807) is 53.2 Å². The number of benzene rings is 2. The van der Waals surface area contributed by atoms with Gasteiger partial charge in [0.15, 0.2) is 0 Å². The minimum absolute atomic E-state index is 0.106. The number of aliphatic imine (C=N–C) groups is 1. The molecule has 1 aliphatic heterocycles. The average molecular weight is 697 g/mol. The summed E-state index contributed by atoms with van der Waals surface area (Å²) in [4.78, 5) is 20.3. The van der Waals surface area contributed by atoms with Gasteiger partial charge in [0, 0.05) is 35.3 Å². The molecule has 0 radical (unpaired) electrons. The van der Waals surface area contributed by atoms with Crippen LogP contribution < -0.4 is 31.3 Å². The summed E-state index contributed by atoms with van der Waals surface area (Å²) in [5.41, 5.74) is 9.29. The number of aromatic nitrogens is 1. The van der Waals surface area contributed by atoms with Gasteiger partial charge in [-0.15, -0.1) is 0 Å². The Morgan fingerprint density at radius 2 is 1.75 bits per heavy atom. The number of ether oxygens (including phenoxy) is 2. The van der Waals surface area contributed by atoms with Gasteiger partial charge in [0.1, 0.15) is 35.5 Å². The number of nitrogens with two attached hydrogens (primary N) is 1. The van der Waals surface area contributed by atoms with Crippen LogP contribution in [0.4, 0.5) is 10.5 Å². The zero-order valence-electron chi connectivity index (χ0n) is 30.3. The fourth-order valence-corrected chi connectivity index (χ4v) is 6.59. The molecule has 2 aliphatic rings. The second-order valence-corrected chi connectivity index (χ2v) is 14.4. The maximum atomic E-state index is 13.5. The summed E-state index contributed by atoms with van der Waals surface area (Å²) in [7, 11) is 0. The first kappa shape index (κ1) is 37.2. The highest BCUT2D eigenvalue weighted by atomic mass is 16.5. The van der Waals surface area contributed by atoms with E-state index in [9.17, 15) is 4.79 Å². The summed E-state index contributed by atoms with van der Waals surface area (Å²) in [5.74, 6) is 1.68. The number of aliphatic hydroxyl groups excluding tert-OH is 1. The number of hydrogen-bond donors (Lipinski definition) is 6. The third-order valence-electron chi connectivity index (χ3n) is 9.43. The van der Waals surface area contributed by atoms with Crippen molar-refractivity contribution in [2.75, 3.05) is 13.2 Å². The molecule has 7 N–H and O–H groups in total. The predicted molar refractivity (Wildman–Crippen MR) is 199 cm³/mol. The van der Waals surface area contributed by atoms with Crippen LogP contribution in [0.25, 0.3) is 0 Å². The van der Waals surface area contributed by atoms with Crippen molar-refractivity contribution in [2.24, 2.45) is 16.1 Å². The Balaban J connectivity index is 1.33. The van der Waals surface area contributed by atoms with Crippen LogP contribution in [0.1, 0.15) is 90.0 Å². The summed E-state index contributed by atoms with van der Waals surface area (Å²) in [6.07, 6.45) is 7.58. The molecular formula is C39H52N8O4. The van der Waals surface area contributed by atoms with Gasteiger partial charge >= 0.3 is 6.03 Å². The number of piperidine rings is 1. The summed E-state index contributed by atoms with van der Waals surface area (Å²) in [6.45, 7) is 10.3. The van der Waals surface area contributed by atoms with Gasteiger partial charge in [-0.1, -0.05) is 51.1 Å². The molecule has 12 heteroatoms. The maximum Gasteiger partial charge on any atom is 0.320 e. The van der Waals surface area contributed by atoms with Gasteiger partial charge in [0.2, 0.25) is 5.96 Å². The minimum Gasteiger partial charge on any atom is -0.491 e. The van der Waals surface area contributed by atoms with Crippen LogP contribution in [0.5, 0.6) is 11.5 Å². The van der Waals surface area contributed by atoms with Crippen molar-refractivity contribution in [3.8, 4) is 11.5 Å². The summed E-state index contributed by atoms with van der Waals surface area (Å²) in [6, 6.07) is 18.2. The fraction of sp³-hybridized carbons (Fsp3) is 0.436. The summed E-state index contributed by atoms with van der Waals surface area (Å²) in [5, 5.41) is 32.7. The normalized spacial score (nSPS) is 21.0. The average Bonchev–Trinajstić information content (AvgIpc) is 3.08. The number of aliphatic hydroxyl groups is 1. The molecule has 0 spiro atoms. The van der Waals surface area contributed by atoms with Gasteiger partial charge in [-0.25, -0.2) is 9.79 Å². The van der Waals surface area contributed by atoms with Crippen LogP contribution in [0.15, 0.2) is 83.6 Å². The molecule has 51 heavy (non-hydrogen) atoms. The number of nitrogens with zero attached hydrogens (tertiary/aromatic N) is 3. The van der Waals surface area contributed by atoms with Crippen LogP contribution in [-0.4, -0.2) is 57.7 Å². The molecule has 5 rings (SSSR count). The number of nitrogens with one attached hydrogen (secondary N) is 4. The smallest absolute Gasteiger partial charge is 0.320 e. The van der Waals surface area contributed by atoms with Crippen LogP contribution in [0.2, 0.25) is 0 Å². The molecule has 1 aliphatic carbocycles. The number of fused-ring (bicyclic) bond motifs is 1. The lowest BCUT2D eigenvalue weighted by Crippen LogP contribution is -2.51. The van der Waals surface area contributed by atoms with Gasteiger partial charge in [-0.2, -0.15) is 0 Å². The molecule has 1 saturated heterocycles. The van der Waals surface area contributed by atoms with E-state index in [-0.39, 0.29) is 60.1 Å². The van der Waals surface area contributed by atoms with Gasteiger partial charge in [0.05, 0.1) is 24.5 Å². The number of amidine groups is 1. The van der Waals surface area contributed by atoms with Crippen molar-refractivity contribution in [2.45, 2.75) is 91.0 Å². The SMILES string of the molecule is C[C@@H]1CCC[C@H](C)N1C(=N)n1cc(O[C@@H]2CC[C@H](NC(=O)NC(/C=C(\N)C(C)(C)C)=Nc3cccc(OCCO)c3)c3ccccc32)ccc1=N. The molecule has 2 amide bonds. The molecule has 272 valence electrons. The number of carbonyl (C=O) groups is 1. The highest BCUT2D eigenvalue weighted by Crippen LogP contribution is 2.38. The standard InChI is InChI=1S/C39H52N8O4/c1-25-10-8-11-26(2)47(25)37(42)46-24-29(16-19-35(46)41)51-33-18-17-32(30-14-6-7-15-31(30)33)44-38(49)45-36(23-34(40)39(3,4)5)43-27-12-9-13-28(22-27)50-21-20-48/h6-7,9,12-16,19,22-26,32-33,41-42,48H,8,10-11,17-18,20-21,40H2,1-5H3,(H2,43,44,45,49)/b34-23-,41-35?,42-37?/t25-,26+,32-,33+/m0/s1. The molecule has 0 unspecified atom stereocenters. The van der Waals surface area contributed by atoms with Crippen molar-refractivity contribution in [1.29, 1.82) is 10.8 Å². The van der Waals surface area contributed by atoms with E-state index in [2.05, 4.69) is 34.4 Å². The number of likely N-dealkylation sites (tertiary alicyclic amines) is 1. The van der Waals surface area contributed by atoms with Crippen LogP contribution in [0, 0.1) is 16.2 Å². The van der Waals surface area contributed by atoms with Crippen molar-refractivity contribution >= 4 is 23.5 Å². The molecular weight excluding hydrogens is 644 g/mol. The van der Waals surface area contributed by atoms with E-state index in [0.29, 0.717) is 35.7 Å². The van der Waals surface area contributed by atoms with Crippen molar-refractivity contribution < 1.29 is 19.4 Å². The Morgan fingerprint density at radius 3 is 2.45 bits per heavy atom. The highest BCUT2D eigenvalue weighted by Gasteiger charge is 2.31. The Morgan fingerprint density at radius 1 is 1.02 bits per heavy atom. The van der Waals surface area contributed by atoms with Gasteiger partial charge in [-0.05, 0) is 81.3 Å². The Bertz CT molecular complexity index is 1820. The van der Waals surface area contributed by atoms with E-state index in [0.717, 1.165) is 30.4 Å². The zero-order valence-corrected chi connectivity index (χ0v) is 30.3. The van der Waals surface area contributed by atoms with E-state index in [1.165, 1.54) is 0 Å². The lowest BCUT2D eigenvalue weighted by molar-refractivity contribution is 0.169. The number of pyridine rings is 1. The molecule has 2 heterocycles. The van der Waals surface area contributed by atoms with Crippen LogP contribution in [-0.2, 0) is 0 Å². The molecule has 2 aromatic carbocycles. The van der Waals surface area contributed by atoms with E-state index in [1.807, 2.05) is 45.0 Å². The lowest BCUT2D eigenvalue weighted by atomic mass is 9.85. The second kappa shape index (κ2) is 16.3. The molecule has 4 atom stereocenters. The number of urea groups is 1. The molecule has 3 aromatic rings. The van der Waals surface area contributed by atoms with E-state index >= 15 is 0 Å². The third kappa shape index (κ3) is 9.37. The van der Waals surface area contributed by atoms with Gasteiger partial charge < -0.3 is 30.5 Å². The van der Waals surface area contributed by atoms with Crippen LogP contribution in [0.3, 0.4) is 0 Å². The first-order valence-electron chi connectivity index (χ1n) is 17.7. The van der Waals surface area contributed by atoms with E-state index in [4.69, 9.17) is 31.1 Å². The van der Waals surface area contributed by atoms with Crippen molar-refractivity contribution in [3.63, 3.8) is 0 Å². The molecule has 1 aromatic heterocycles. The van der Waals surface area contributed by atoms with Gasteiger partial charge in [0.25, 0.3) is 0 Å². The Kier molecular flexibility index (Phi) is 11.9. The summed E-state index contributed by atoms with van der Waals surface area (Å²) >= 11 is 0. The molecule has 12 nitrogen and oxygen atoms in total. The van der Waals surface area contributed by atoms with Crippen LogP contribution >= 0.6 is 0 Å². The topological polar surface area (TPSA) is 174 Å².